The minimum absolute atomic E-state index is 0.0391. The second-order valence-corrected chi connectivity index (χ2v) is 8.07. The van der Waals surface area contributed by atoms with Crippen LogP contribution in [0.25, 0.3) is 22.6 Å². The average molecular weight is 435 g/mol. The number of nitrogens with one attached hydrogen (secondary N) is 1. The Bertz CT molecular complexity index is 1190. The van der Waals surface area contributed by atoms with Crippen molar-refractivity contribution in [2.24, 2.45) is 0 Å². The highest BCUT2D eigenvalue weighted by Crippen LogP contribution is 2.31. The van der Waals surface area contributed by atoms with E-state index in [9.17, 15) is 9.18 Å². The summed E-state index contributed by atoms with van der Waals surface area (Å²) in [4.78, 5) is 17.6. The Morgan fingerprint density at radius 2 is 2.03 bits per heavy atom. The summed E-state index contributed by atoms with van der Waals surface area (Å²) in [5.74, 6) is 1.02. The van der Waals surface area contributed by atoms with Gasteiger partial charge in [0, 0.05) is 41.8 Å². The molecule has 0 saturated carbocycles. The van der Waals surface area contributed by atoms with Crippen LogP contribution in [0.5, 0.6) is 11.5 Å². The van der Waals surface area contributed by atoms with Gasteiger partial charge < -0.3 is 19.4 Å². The maximum absolute atomic E-state index is 13.4. The van der Waals surface area contributed by atoms with Crippen LogP contribution in [0.3, 0.4) is 0 Å². The van der Waals surface area contributed by atoms with Gasteiger partial charge in [-0.2, -0.15) is 0 Å². The molecular formula is C26H27FN2O3. The molecule has 1 amide bonds. The molecular weight excluding hydrogens is 407 g/mol. The Morgan fingerprint density at radius 1 is 1.19 bits per heavy atom. The second kappa shape index (κ2) is 9.30. The Kier molecular flexibility index (Phi) is 6.30. The quantitative estimate of drug-likeness (QED) is 0.526. The molecule has 1 aromatic heterocycles. The van der Waals surface area contributed by atoms with Crippen LogP contribution in [0, 0.1) is 5.82 Å². The van der Waals surface area contributed by atoms with Crippen LogP contribution < -0.4 is 9.47 Å². The minimum Gasteiger partial charge on any atom is -0.493 e. The first-order valence-electron chi connectivity index (χ1n) is 10.7. The zero-order chi connectivity index (χ0) is 22.7. The summed E-state index contributed by atoms with van der Waals surface area (Å²) in [6.07, 6.45) is 8.16. The third-order valence-corrected chi connectivity index (χ3v) is 5.48. The first kappa shape index (κ1) is 21.7. The Hall–Kier alpha value is -3.54. The lowest BCUT2D eigenvalue weighted by Crippen LogP contribution is -2.33. The number of nitrogens with zero attached hydrogens (tertiary/aromatic N) is 1. The lowest BCUT2D eigenvalue weighted by molar-refractivity contribution is -0.125. The van der Waals surface area contributed by atoms with E-state index in [2.05, 4.69) is 11.1 Å². The van der Waals surface area contributed by atoms with Gasteiger partial charge in [-0.1, -0.05) is 12.1 Å². The van der Waals surface area contributed by atoms with Crippen molar-refractivity contribution in [1.29, 1.82) is 0 Å². The van der Waals surface area contributed by atoms with Crippen molar-refractivity contribution in [3.63, 3.8) is 0 Å². The van der Waals surface area contributed by atoms with Crippen LogP contribution in [-0.4, -0.2) is 42.1 Å². The number of amides is 1. The number of hydrogen-bond acceptors (Lipinski definition) is 3. The van der Waals surface area contributed by atoms with Gasteiger partial charge in [0.2, 0.25) is 5.91 Å². The molecule has 2 aromatic carbocycles. The third kappa shape index (κ3) is 4.69. The van der Waals surface area contributed by atoms with Gasteiger partial charge in [0.1, 0.15) is 5.82 Å². The molecule has 1 N–H and O–H groups in total. The number of rotatable bonds is 6. The maximum atomic E-state index is 13.4. The fraction of sp³-hybridized carbons (Fsp3) is 0.269. The average Bonchev–Trinajstić information content (AvgIpc) is 3.21. The maximum Gasteiger partial charge on any atom is 0.246 e. The highest BCUT2D eigenvalue weighted by atomic mass is 19.1. The van der Waals surface area contributed by atoms with Crippen molar-refractivity contribution in [1.82, 2.24) is 9.88 Å². The third-order valence-electron chi connectivity index (χ3n) is 5.48. The van der Waals surface area contributed by atoms with E-state index in [1.807, 2.05) is 43.1 Å². The SMILES string of the molecule is COc1cc(/C=C/C(=O)N2CC=C(c3c[nH]c4cc(F)ccc34)CC2)ccc1OC(C)C. The first-order valence-corrected chi connectivity index (χ1v) is 10.7. The molecule has 0 fully saturated rings. The van der Waals surface area contributed by atoms with Gasteiger partial charge in [-0.3, -0.25) is 4.79 Å². The van der Waals surface area contributed by atoms with Gasteiger partial charge in [0.15, 0.2) is 11.5 Å². The number of aromatic amines is 1. The molecule has 0 aliphatic carbocycles. The molecule has 0 atom stereocenters. The van der Waals surface area contributed by atoms with Crippen molar-refractivity contribution in [2.45, 2.75) is 26.4 Å². The number of carbonyl (C=O) groups excluding carboxylic acids is 1. The number of hydrogen-bond donors (Lipinski definition) is 1. The summed E-state index contributed by atoms with van der Waals surface area (Å²) >= 11 is 0. The summed E-state index contributed by atoms with van der Waals surface area (Å²) in [6.45, 7) is 5.09. The molecule has 2 heterocycles. The van der Waals surface area contributed by atoms with Gasteiger partial charge in [0.05, 0.1) is 13.2 Å². The first-order chi connectivity index (χ1) is 15.4. The number of methoxy groups -OCH3 is 1. The van der Waals surface area contributed by atoms with Crippen LogP contribution in [0.4, 0.5) is 4.39 Å². The zero-order valence-electron chi connectivity index (χ0n) is 18.5. The number of fused-ring (bicyclic) bond motifs is 1. The smallest absolute Gasteiger partial charge is 0.246 e. The predicted octanol–water partition coefficient (Wildman–Crippen LogP) is 5.43. The molecule has 0 radical (unpaired) electrons. The lowest BCUT2D eigenvalue weighted by Gasteiger charge is -2.25. The van der Waals surface area contributed by atoms with Crippen molar-refractivity contribution in [3.8, 4) is 11.5 Å². The van der Waals surface area contributed by atoms with Crippen molar-refractivity contribution < 1.29 is 18.7 Å². The van der Waals surface area contributed by atoms with E-state index in [4.69, 9.17) is 9.47 Å². The van der Waals surface area contributed by atoms with Crippen molar-refractivity contribution >= 4 is 28.5 Å². The fourth-order valence-electron chi connectivity index (χ4n) is 3.89. The van der Waals surface area contributed by atoms with Crippen molar-refractivity contribution in [3.05, 3.63) is 71.7 Å². The monoisotopic (exact) mass is 434 g/mol. The van der Waals surface area contributed by atoms with Crippen LogP contribution in [-0.2, 0) is 4.79 Å². The highest BCUT2D eigenvalue weighted by Gasteiger charge is 2.18. The number of aromatic nitrogens is 1. The number of ether oxygens (including phenoxy) is 2. The summed E-state index contributed by atoms with van der Waals surface area (Å²) < 4.78 is 24.6. The molecule has 0 unspecified atom stereocenters. The van der Waals surface area contributed by atoms with Gasteiger partial charge in [0.25, 0.3) is 0 Å². The Balaban J connectivity index is 1.43. The standard InChI is InChI=1S/C26H27FN2O3/c1-17(2)32-24-8-4-18(14-25(24)31-3)5-9-26(30)29-12-10-19(11-13-29)22-16-28-23-15-20(27)6-7-21(22)23/h4-10,14-17,28H,11-13H2,1-3H3/b9-5+. The van der Waals surface area contributed by atoms with E-state index in [0.29, 0.717) is 24.6 Å². The minimum atomic E-state index is -0.258. The molecule has 3 aromatic rings. The lowest BCUT2D eigenvalue weighted by atomic mass is 9.99. The van der Waals surface area contributed by atoms with Crippen molar-refractivity contribution in [2.75, 3.05) is 20.2 Å². The van der Waals surface area contributed by atoms with Crippen LogP contribution in [0.1, 0.15) is 31.4 Å². The fourth-order valence-corrected chi connectivity index (χ4v) is 3.89. The topological polar surface area (TPSA) is 54.6 Å². The Morgan fingerprint density at radius 3 is 2.75 bits per heavy atom. The van der Waals surface area contributed by atoms with Gasteiger partial charge in [-0.15, -0.1) is 0 Å². The number of halogens is 1. The molecule has 166 valence electrons. The number of H-pyrrole nitrogens is 1. The molecule has 4 rings (SSSR count). The molecule has 6 heteroatoms. The van der Waals surface area contributed by atoms with E-state index in [0.717, 1.165) is 28.5 Å². The van der Waals surface area contributed by atoms with E-state index in [1.165, 1.54) is 17.7 Å². The largest absolute Gasteiger partial charge is 0.493 e. The molecule has 0 spiro atoms. The molecule has 0 saturated heterocycles. The molecule has 1 aliphatic heterocycles. The van der Waals surface area contributed by atoms with E-state index in [1.54, 1.807) is 25.3 Å². The molecule has 1 aliphatic rings. The van der Waals surface area contributed by atoms with E-state index >= 15 is 0 Å². The summed E-state index contributed by atoms with van der Waals surface area (Å²) in [5, 5.41) is 0.996. The predicted molar refractivity (Wildman–Crippen MR) is 125 cm³/mol. The summed E-state index contributed by atoms with van der Waals surface area (Å²) in [7, 11) is 1.60. The number of carbonyl (C=O) groups is 1. The molecule has 0 bridgehead atoms. The van der Waals surface area contributed by atoms with Gasteiger partial charge in [-0.25, -0.2) is 4.39 Å². The van der Waals surface area contributed by atoms with E-state index < -0.39 is 0 Å². The van der Waals surface area contributed by atoms with Crippen LogP contribution in [0.15, 0.2) is 54.7 Å². The van der Waals surface area contributed by atoms with Gasteiger partial charge in [-0.05, 0) is 67.8 Å². The zero-order valence-corrected chi connectivity index (χ0v) is 18.5. The molecule has 5 nitrogen and oxygen atoms in total. The molecule has 32 heavy (non-hydrogen) atoms. The van der Waals surface area contributed by atoms with Crippen LogP contribution >= 0.6 is 0 Å². The van der Waals surface area contributed by atoms with Crippen LogP contribution in [0.2, 0.25) is 0 Å². The normalized spacial score (nSPS) is 14.3. The highest BCUT2D eigenvalue weighted by molar-refractivity contribution is 5.95. The van der Waals surface area contributed by atoms with E-state index in [-0.39, 0.29) is 17.8 Å². The summed E-state index contributed by atoms with van der Waals surface area (Å²) in [6, 6.07) is 10.4. The second-order valence-electron chi connectivity index (χ2n) is 8.07. The van der Waals surface area contributed by atoms with Gasteiger partial charge >= 0.3 is 0 Å². The summed E-state index contributed by atoms with van der Waals surface area (Å²) in [5.41, 5.74) is 3.88. The Labute approximate surface area is 187 Å². The number of benzene rings is 2.